The summed E-state index contributed by atoms with van der Waals surface area (Å²) in [5.74, 6) is 1.65. The minimum atomic E-state index is -1.29. The molecule has 14 nitrogen and oxygen atoms in total. The molecule has 1 fully saturated rings. The van der Waals surface area contributed by atoms with Crippen LogP contribution in [0.4, 0.5) is 5.82 Å². The normalized spacial score (nSPS) is 19.0. The van der Waals surface area contributed by atoms with E-state index in [2.05, 4.69) is 30.6 Å². The maximum absolute atomic E-state index is 13.0. The maximum atomic E-state index is 13.0. The molecular formula is C35H36N8O6. The Morgan fingerprint density at radius 3 is 2.57 bits per heavy atom. The van der Waals surface area contributed by atoms with Crippen LogP contribution in [0.1, 0.15) is 28.6 Å². The third-order valence-corrected chi connectivity index (χ3v) is 8.43. The van der Waals surface area contributed by atoms with Crippen molar-refractivity contribution in [2.75, 3.05) is 25.6 Å². The lowest BCUT2D eigenvalue weighted by atomic mass is 10.1. The highest BCUT2D eigenvalue weighted by Gasteiger charge is 2.44. The number of para-hydroxylation sites is 1. The van der Waals surface area contributed by atoms with Crippen molar-refractivity contribution in [1.29, 1.82) is 0 Å². The van der Waals surface area contributed by atoms with Crippen molar-refractivity contribution in [3.05, 3.63) is 103 Å². The van der Waals surface area contributed by atoms with E-state index in [0.29, 0.717) is 41.2 Å². The fourth-order valence-corrected chi connectivity index (χ4v) is 5.84. The molecule has 4 atom stereocenters. The molecule has 4 N–H and O–H groups in total. The topological polar surface area (TPSA) is 171 Å². The highest BCUT2D eigenvalue weighted by atomic mass is 16.6. The summed E-state index contributed by atoms with van der Waals surface area (Å²) in [5, 5.41) is 27.9. The van der Waals surface area contributed by atoms with E-state index in [-0.39, 0.29) is 12.5 Å². The number of nitrogens with zero attached hydrogens (tertiary/aromatic N) is 6. The minimum absolute atomic E-state index is 0.0271. The van der Waals surface area contributed by atoms with Gasteiger partial charge in [0.1, 0.15) is 36.1 Å². The molecule has 3 aromatic carbocycles. The molecule has 0 bridgehead atoms. The van der Waals surface area contributed by atoms with Gasteiger partial charge in [0.15, 0.2) is 23.2 Å². The van der Waals surface area contributed by atoms with Crippen molar-refractivity contribution in [3.63, 3.8) is 0 Å². The second-order valence-electron chi connectivity index (χ2n) is 11.7. The number of amides is 1. The SMILES string of the molecule is COCCCn1cnc2cc(C(=O)NC[C@H]3O[C@@H](n4cnc5c(NCc6ccc(Oc7ccccc7)cc6)ncnc54)[C@H](O)[C@@H]3O)ccc21. The van der Waals surface area contributed by atoms with E-state index < -0.39 is 24.5 Å². The second-order valence-corrected chi connectivity index (χ2v) is 11.7. The first-order valence-electron chi connectivity index (χ1n) is 16.0. The molecule has 0 radical (unpaired) electrons. The number of fused-ring (bicyclic) bond motifs is 2. The van der Waals surface area contributed by atoms with Crippen LogP contribution >= 0.6 is 0 Å². The molecule has 252 valence electrons. The van der Waals surface area contributed by atoms with Crippen LogP contribution in [-0.4, -0.2) is 83.8 Å². The summed E-state index contributed by atoms with van der Waals surface area (Å²) in [6.07, 6.45) is 1.07. The lowest BCUT2D eigenvalue weighted by molar-refractivity contribution is -0.0337. The van der Waals surface area contributed by atoms with Crippen molar-refractivity contribution in [2.24, 2.45) is 0 Å². The van der Waals surface area contributed by atoms with Crippen molar-refractivity contribution in [2.45, 2.75) is 44.1 Å². The molecule has 1 amide bonds. The van der Waals surface area contributed by atoms with E-state index in [0.717, 1.165) is 35.5 Å². The lowest BCUT2D eigenvalue weighted by Gasteiger charge is -2.16. The minimum Gasteiger partial charge on any atom is -0.457 e. The van der Waals surface area contributed by atoms with Gasteiger partial charge >= 0.3 is 0 Å². The summed E-state index contributed by atoms with van der Waals surface area (Å²) >= 11 is 0. The van der Waals surface area contributed by atoms with E-state index in [1.165, 1.54) is 12.7 Å². The van der Waals surface area contributed by atoms with Crippen LogP contribution in [0.5, 0.6) is 11.5 Å². The molecule has 6 aromatic rings. The number of hydrogen-bond donors (Lipinski definition) is 4. The van der Waals surface area contributed by atoms with Crippen molar-refractivity contribution in [1.82, 2.24) is 34.4 Å². The Kier molecular flexibility index (Phi) is 9.43. The smallest absolute Gasteiger partial charge is 0.251 e. The highest BCUT2D eigenvalue weighted by molar-refractivity contribution is 5.97. The number of carbonyl (C=O) groups is 1. The van der Waals surface area contributed by atoms with Crippen LogP contribution in [0, 0.1) is 0 Å². The van der Waals surface area contributed by atoms with Gasteiger partial charge in [-0.2, -0.15) is 0 Å². The summed E-state index contributed by atoms with van der Waals surface area (Å²) in [7, 11) is 1.67. The third kappa shape index (κ3) is 6.93. The Morgan fingerprint density at radius 2 is 1.76 bits per heavy atom. The van der Waals surface area contributed by atoms with Crippen molar-refractivity contribution < 1.29 is 29.2 Å². The van der Waals surface area contributed by atoms with Crippen LogP contribution in [0.15, 0.2) is 91.8 Å². The molecule has 0 spiro atoms. The fourth-order valence-electron chi connectivity index (χ4n) is 5.84. The average Bonchev–Trinajstić information content (AvgIpc) is 3.83. The number of benzene rings is 3. The number of methoxy groups -OCH3 is 1. The zero-order chi connectivity index (χ0) is 33.7. The molecule has 0 aliphatic carbocycles. The van der Waals surface area contributed by atoms with Gasteiger partial charge in [0.2, 0.25) is 0 Å². The lowest BCUT2D eigenvalue weighted by Crippen LogP contribution is -2.39. The Balaban J connectivity index is 0.971. The van der Waals surface area contributed by atoms with Crippen molar-refractivity contribution >= 4 is 33.9 Å². The van der Waals surface area contributed by atoms with Gasteiger partial charge in [-0.05, 0) is 54.4 Å². The van der Waals surface area contributed by atoms with Crippen LogP contribution in [0.2, 0.25) is 0 Å². The van der Waals surface area contributed by atoms with Crippen LogP contribution < -0.4 is 15.4 Å². The molecule has 0 saturated carbocycles. The number of aryl methyl sites for hydroxylation is 1. The van der Waals surface area contributed by atoms with E-state index >= 15 is 0 Å². The summed E-state index contributed by atoms with van der Waals surface area (Å²) in [5.41, 5.74) is 3.94. The predicted molar refractivity (Wildman–Crippen MR) is 180 cm³/mol. The number of nitrogens with one attached hydrogen (secondary N) is 2. The molecule has 1 saturated heterocycles. The third-order valence-electron chi connectivity index (χ3n) is 8.43. The van der Waals surface area contributed by atoms with E-state index in [1.807, 2.05) is 65.2 Å². The zero-order valence-electron chi connectivity index (χ0n) is 26.7. The van der Waals surface area contributed by atoms with Crippen LogP contribution in [0.25, 0.3) is 22.2 Å². The van der Waals surface area contributed by atoms with E-state index in [4.69, 9.17) is 14.2 Å². The second kappa shape index (κ2) is 14.4. The van der Waals surface area contributed by atoms with E-state index in [1.54, 1.807) is 30.1 Å². The number of aliphatic hydroxyl groups is 2. The first-order chi connectivity index (χ1) is 24.0. The molecule has 1 aliphatic heterocycles. The molecule has 49 heavy (non-hydrogen) atoms. The van der Waals surface area contributed by atoms with E-state index in [9.17, 15) is 15.0 Å². The molecule has 0 unspecified atom stereocenters. The van der Waals surface area contributed by atoms with Gasteiger partial charge in [-0.1, -0.05) is 30.3 Å². The molecule has 1 aliphatic rings. The fraction of sp³-hybridized carbons (Fsp3) is 0.286. The summed E-state index contributed by atoms with van der Waals surface area (Å²) in [4.78, 5) is 30.7. The van der Waals surface area contributed by atoms with Gasteiger partial charge in [0.25, 0.3) is 5.91 Å². The summed E-state index contributed by atoms with van der Waals surface area (Å²) in [6.45, 7) is 1.85. The Labute approximate surface area is 281 Å². The summed E-state index contributed by atoms with van der Waals surface area (Å²) in [6, 6.07) is 22.6. The van der Waals surface area contributed by atoms with Crippen molar-refractivity contribution in [3.8, 4) is 11.5 Å². The molecule has 7 rings (SSSR count). The van der Waals surface area contributed by atoms with Gasteiger partial charge in [0.05, 0.1) is 23.7 Å². The van der Waals surface area contributed by atoms with Gasteiger partial charge in [-0.3, -0.25) is 9.36 Å². The number of ether oxygens (including phenoxy) is 3. The van der Waals surface area contributed by atoms with Gasteiger partial charge in [-0.25, -0.2) is 19.9 Å². The number of anilines is 1. The Hall–Kier alpha value is -5.41. The number of aliphatic hydroxyl groups excluding tert-OH is 2. The van der Waals surface area contributed by atoms with Gasteiger partial charge in [0, 0.05) is 38.9 Å². The highest BCUT2D eigenvalue weighted by Crippen LogP contribution is 2.32. The molecule has 4 heterocycles. The quantitative estimate of drug-likeness (QED) is 0.133. The number of aromatic nitrogens is 6. The average molecular weight is 665 g/mol. The summed E-state index contributed by atoms with van der Waals surface area (Å²) < 4.78 is 20.6. The van der Waals surface area contributed by atoms with Crippen LogP contribution in [-0.2, 0) is 22.6 Å². The number of rotatable bonds is 13. The number of imidazole rings is 2. The number of hydrogen-bond acceptors (Lipinski definition) is 11. The van der Waals surface area contributed by atoms with Crippen LogP contribution in [0.3, 0.4) is 0 Å². The first kappa shape index (κ1) is 32.2. The monoisotopic (exact) mass is 664 g/mol. The standard InChI is InChI=1S/C35H36N8O6/c1-47-15-5-14-42-20-40-26-16-23(10-13-27(26)42)34(46)37-18-28-30(44)31(45)35(49-28)43-21-41-29-32(38-19-39-33(29)43)36-17-22-8-11-25(12-9-22)48-24-6-3-2-4-7-24/h2-4,6-13,16,19-21,28,30-31,35,44-45H,5,14-15,17-18H2,1H3,(H,37,46)(H,36,38,39)/t28-,30-,31-,35-/m1/s1. The zero-order valence-corrected chi connectivity index (χ0v) is 26.7. The molecule has 3 aromatic heterocycles. The predicted octanol–water partition coefficient (Wildman–Crippen LogP) is 3.67. The Morgan fingerprint density at radius 1 is 0.939 bits per heavy atom. The maximum Gasteiger partial charge on any atom is 0.251 e. The largest absolute Gasteiger partial charge is 0.457 e. The van der Waals surface area contributed by atoms with Gasteiger partial charge in [-0.15, -0.1) is 0 Å². The Bertz CT molecular complexity index is 2030. The molecule has 14 heteroatoms. The number of carbonyl (C=O) groups excluding carboxylic acids is 1. The van der Waals surface area contributed by atoms with Gasteiger partial charge < -0.3 is 39.6 Å². The first-order valence-corrected chi connectivity index (χ1v) is 16.0. The molecular weight excluding hydrogens is 628 g/mol.